The summed E-state index contributed by atoms with van der Waals surface area (Å²) in [6, 6.07) is 3.59. The van der Waals surface area contributed by atoms with Crippen molar-refractivity contribution >= 4 is 23.2 Å². The number of imidazole rings is 1. The van der Waals surface area contributed by atoms with E-state index < -0.39 is 0 Å². The van der Waals surface area contributed by atoms with Gasteiger partial charge in [-0.25, -0.2) is 15.0 Å². The molecule has 0 bridgehead atoms. The first-order chi connectivity index (χ1) is 12.7. The van der Waals surface area contributed by atoms with Gasteiger partial charge in [0.2, 0.25) is 0 Å². The van der Waals surface area contributed by atoms with Crippen LogP contribution in [0.3, 0.4) is 0 Å². The van der Waals surface area contributed by atoms with Gasteiger partial charge in [0.05, 0.1) is 10.7 Å². The van der Waals surface area contributed by atoms with Crippen LogP contribution in [-0.4, -0.2) is 43.2 Å². The van der Waals surface area contributed by atoms with Crippen molar-refractivity contribution in [3.8, 4) is 0 Å². The van der Waals surface area contributed by atoms with Gasteiger partial charge in [0.25, 0.3) is 5.91 Å². The molecule has 6 nitrogen and oxygen atoms in total. The summed E-state index contributed by atoms with van der Waals surface area (Å²) in [5.74, 6) is 0.552. The van der Waals surface area contributed by atoms with Crippen molar-refractivity contribution in [1.82, 2.24) is 24.3 Å². The first kappa shape index (κ1) is 15.8. The van der Waals surface area contributed by atoms with Gasteiger partial charge in [-0.1, -0.05) is 11.6 Å². The fourth-order valence-corrected chi connectivity index (χ4v) is 3.86. The van der Waals surface area contributed by atoms with E-state index in [2.05, 4.69) is 15.0 Å². The van der Waals surface area contributed by atoms with E-state index in [4.69, 9.17) is 11.6 Å². The smallest absolute Gasteiger partial charge is 0.274 e. The summed E-state index contributed by atoms with van der Waals surface area (Å²) in [5, 5.41) is 0.616. The van der Waals surface area contributed by atoms with Crippen LogP contribution in [0.2, 0.25) is 5.02 Å². The van der Waals surface area contributed by atoms with E-state index in [-0.39, 0.29) is 5.91 Å². The number of nitrogens with zero attached hydrogens (tertiary/aromatic N) is 5. The van der Waals surface area contributed by atoms with Crippen LogP contribution >= 0.6 is 11.6 Å². The lowest BCUT2D eigenvalue weighted by atomic mass is 10.0. The third-order valence-electron chi connectivity index (χ3n) is 5.20. The zero-order valence-electron chi connectivity index (χ0n) is 14.2. The van der Waals surface area contributed by atoms with Gasteiger partial charge >= 0.3 is 0 Å². The fraction of sp³-hybridized carbons (Fsp3) is 0.368. The van der Waals surface area contributed by atoms with Crippen molar-refractivity contribution in [2.75, 3.05) is 13.1 Å². The number of fused-ring (bicyclic) bond motifs is 2. The Hall–Kier alpha value is -2.47. The molecule has 26 heavy (non-hydrogen) atoms. The van der Waals surface area contributed by atoms with E-state index in [9.17, 15) is 4.79 Å². The molecule has 0 aromatic carbocycles. The highest BCUT2D eigenvalue weighted by atomic mass is 35.5. The van der Waals surface area contributed by atoms with E-state index in [0.717, 1.165) is 24.2 Å². The zero-order valence-corrected chi connectivity index (χ0v) is 15.0. The van der Waals surface area contributed by atoms with Gasteiger partial charge in [-0.3, -0.25) is 4.79 Å². The number of carbonyl (C=O) groups is 1. The van der Waals surface area contributed by atoms with Crippen LogP contribution in [0.4, 0.5) is 0 Å². The molecule has 132 valence electrons. The lowest BCUT2D eigenvalue weighted by Gasteiger charge is -2.18. The molecule has 3 aromatic rings. The van der Waals surface area contributed by atoms with Crippen molar-refractivity contribution in [2.24, 2.45) is 0 Å². The van der Waals surface area contributed by atoms with Crippen LogP contribution < -0.4 is 0 Å². The minimum absolute atomic E-state index is 0.0430. The Morgan fingerprint density at radius 1 is 1.12 bits per heavy atom. The van der Waals surface area contributed by atoms with E-state index in [1.54, 1.807) is 29.2 Å². The molecule has 1 amide bonds. The highest BCUT2D eigenvalue weighted by Gasteiger charge is 2.31. The average Bonchev–Trinajstić information content (AvgIpc) is 3.43. The second-order valence-electron chi connectivity index (χ2n) is 6.99. The van der Waals surface area contributed by atoms with Crippen LogP contribution in [0.5, 0.6) is 0 Å². The van der Waals surface area contributed by atoms with Crippen molar-refractivity contribution in [1.29, 1.82) is 0 Å². The largest absolute Gasteiger partial charge is 0.337 e. The normalized spacial score (nSPS) is 17.2. The van der Waals surface area contributed by atoms with Gasteiger partial charge in [-0.15, -0.1) is 0 Å². The third-order valence-corrected chi connectivity index (χ3v) is 5.43. The summed E-state index contributed by atoms with van der Waals surface area (Å²) in [5.41, 5.74) is 4.72. The molecule has 1 fully saturated rings. The van der Waals surface area contributed by atoms with Crippen molar-refractivity contribution in [3.63, 3.8) is 0 Å². The topological polar surface area (TPSA) is 63.4 Å². The van der Waals surface area contributed by atoms with Crippen LogP contribution in [0.25, 0.3) is 5.65 Å². The Morgan fingerprint density at radius 3 is 2.81 bits per heavy atom. The second kappa shape index (κ2) is 6.06. The molecule has 1 aliphatic carbocycles. The third kappa shape index (κ3) is 2.74. The highest BCUT2D eigenvalue weighted by molar-refractivity contribution is 6.30. The predicted molar refractivity (Wildman–Crippen MR) is 97.5 cm³/mol. The van der Waals surface area contributed by atoms with E-state index >= 15 is 0 Å². The molecule has 5 rings (SSSR count). The van der Waals surface area contributed by atoms with Crippen LogP contribution in [0.1, 0.15) is 46.2 Å². The van der Waals surface area contributed by atoms with E-state index in [0.29, 0.717) is 29.7 Å². The number of halogens is 1. The molecule has 0 unspecified atom stereocenters. The highest BCUT2D eigenvalue weighted by Crippen LogP contribution is 2.41. The molecular weight excluding hydrogens is 350 g/mol. The lowest BCUT2D eigenvalue weighted by Crippen LogP contribution is -2.33. The zero-order chi connectivity index (χ0) is 17.7. The predicted octanol–water partition coefficient (Wildman–Crippen LogP) is 2.90. The Kier molecular flexibility index (Phi) is 3.67. The Morgan fingerprint density at radius 2 is 1.96 bits per heavy atom. The number of rotatable bonds is 2. The van der Waals surface area contributed by atoms with Crippen LogP contribution in [0.15, 0.2) is 30.9 Å². The van der Waals surface area contributed by atoms with Gasteiger partial charge in [0.1, 0.15) is 17.7 Å². The van der Waals surface area contributed by atoms with Gasteiger partial charge < -0.3 is 9.30 Å². The maximum Gasteiger partial charge on any atom is 0.274 e. The summed E-state index contributed by atoms with van der Waals surface area (Å²) < 4.78 is 1.79. The molecule has 0 saturated heterocycles. The summed E-state index contributed by atoms with van der Waals surface area (Å²) in [4.78, 5) is 28.3. The quantitative estimate of drug-likeness (QED) is 0.698. The van der Waals surface area contributed by atoms with Crippen molar-refractivity contribution in [2.45, 2.75) is 31.6 Å². The summed E-state index contributed by atoms with van der Waals surface area (Å²) >= 11 is 6.02. The van der Waals surface area contributed by atoms with Gasteiger partial charge in [-0.05, 0) is 37.0 Å². The molecular formula is C19H18ClN5O. The minimum Gasteiger partial charge on any atom is -0.337 e. The van der Waals surface area contributed by atoms with Crippen molar-refractivity contribution in [3.05, 3.63) is 58.5 Å². The molecule has 1 aliphatic heterocycles. The number of hydrogen-bond acceptors (Lipinski definition) is 4. The monoisotopic (exact) mass is 367 g/mol. The number of amides is 1. The molecule has 4 heterocycles. The molecule has 1 saturated carbocycles. The SMILES string of the molecule is O=C(c1cn2cc(Cl)ccc2n1)N1CCc2ncnc(C3CC3)c2CC1. The molecule has 0 radical (unpaired) electrons. The second-order valence-corrected chi connectivity index (χ2v) is 7.43. The van der Waals surface area contributed by atoms with Crippen LogP contribution in [0, 0.1) is 0 Å². The maximum absolute atomic E-state index is 13.0. The Labute approximate surface area is 155 Å². The molecule has 3 aromatic heterocycles. The summed E-state index contributed by atoms with van der Waals surface area (Å²) in [7, 11) is 0. The molecule has 7 heteroatoms. The average molecular weight is 368 g/mol. The van der Waals surface area contributed by atoms with Gasteiger partial charge in [-0.2, -0.15) is 0 Å². The summed E-state index contributed by atoms with van der Waals surface area (Å²) in [6.45, 7) is 1.33. The standard InChI is InChI=1S/C19H18ClN5O/c20-13-3-4-17-23-16(10-25(17)9-13)19(26)24-7-5-14-15(6-8-24)21-11-22-18(14)12-1-2-12/h3-4,9-12H,1-2,5-8H2. The first-order valence-electron chi connectivity index (χ1n) is 8.95. The molecule has 0 N–H and O–H groups in total. The van der Waals surface area contributed by atoms with Gasteiger partial charge in [0.15, 0.2) is 0 Å². The maximum atomic E-state index is 13.0. The lowest BCUT2D eigenvalue weighted by molar-refractivity contribution is 0.0757. The molecule has 0 spiro atoms. The van der Waals surface area contributed by atoms with Crippen LogP contribution in [-0.2, 0) is 12.8 Å². The number of carbonyl (C=O) groups excluding carboxylic acids is 1. The van der Waals surface area contributed by atoms with E-state index in [1.807, 2.05) is 11.0 Å². The number of pyridine rings is 1. The molecule has 2 aliphatic rings. The Bertz CT molecular complexity index is 1010. The number of hydrogen-bond donors (Lipinski definition) is 0. The fourth-order valence-electron chi connectivity index (χ4n) is 3.69. The minimum atomic E-state index is -0.0430. The van der Waals surface area contributed by atoms with Gasteiger partial charge in [0, 0.05) is 43.5 Å². The van der Waals surface area contributed by atoms with E-state index in [1.165, 1.54) is 24.1 Å². The van der Waals surface area contributed by atoms with Crippen molar-refractivity contribution < 1.29 is 4.79 Å². The summed E-state index contributed by atoms with van der Waals surface area (Å²) in [6.07, 6.45) is 9.20. The first-order valence-corrected chi connectivity index (χ1v) is 9.33. The number of aromatic nitrogens is 4. The molecule has 0 atom stereocenters. The Balaban J connectivity index is 1.40.